The molecule has 5 nitrogen and oxygen atoms in total. The Labute approximate surface area is 325 Å². The van der Waals surface area contributed by atoms with Crippen molar-refractivity contribution >= 4 is 11.9 Å². The third-order valence-corrected chi connectivity index (χ3v) is 10.6. The van der Waals surface area contributed by atoms with E-state index in [0.29, 0.717) is 26.1 Å². The van der Waals surface area contributed by atoms with Crippen molar-refractivity contribution in [3.05, 3.63) is 0 Å². The van der Waals surface area contributed by atoms with Gasteiger partial charge in [0.25, 0.3) is 0 Å². The lowest BCUT2D eigenvalue weighted by Crippen LogP contribution is -2.30. The SMILES string of the molecule is CCCCCCCCCCCCCCCCCCCC(=O)OCC(COCCCCCCCCCC)OC(=O)CCCCCCCCCCCCC. The van der Waals surface area contributed by atoms with E-state index < -0.39 is 6.10 Å². The molecule has 0 aromatic heterocycles. The number of hydrogen-bond acceptors (Lipinski definition) is 5. The Hall–Kier alpha value is -1.10. The van der Waals surface area contributed by atoms with Gasteiger partial charge in [0, 0.05) is 19.4 Å². The van der Waals surface area contributed by atoms with Crippen molar-refractivity contribution in [3.63, 3.8) is 0 Å². The van der Waals surface area contributed by atoms with Crippen LogP contribution in [0.15, 0.2) is 0 Å². The van der Waals surface area contributed by atoms with Gasteiger partial charge in [0.1, 0.15) is 6.61 Å². The Balaban J connectivity index is 4.08. The van der Waals surface area contributed by atoms with Crippen LogP contribution in [0.25, 0.3) is 0 Å². The van der Waals surface area contributed by atoms with Crippen molar-refractivity contribution in [3.8, 4) is 0 Å². The van der Waals surface area contributed by atoms with Gasteiger partial charge in [0.15, 0.2) is 6.10 Å². The van der Waals surface area contributed by atoms with Crippen LogP contribution in [0.2, 0.25) is 0 Å². The summed E-state index contributed by atoms with van der Waals surface area (Å²) < 4.78 is 17.3. The zero-order valence-corrected chi connectivity index (χ0v) is 35.6. The minimum absolute atomic E-state index is 0.0964. The van der Waals surface area contributed by atoms with Crippen molar-refractivity contribution in [2.75, 3.05) is 19.8 Å². The lowest BCUT2D eigenvalue weighted by Gasteiger charge is -2.18. The molecule has 52 heavy (non-hydrogen) atoms. The zero-order chi connectivity index (χ0) is 37.8. The van der Waals surface area contributed by atoms with E-state index in [1.54, 1.807) is 0 Å². The number of ether oxygens (including phenoxy) is 3. The van der Waals surface area contributed by atoms with Crippen molar-refractivity contribution in [2.24, 2.45) is 0 Å². The molecule has 0 aromatic carbocycles. The average Bonchev–Trinajstić information content (AvgIpc) is 3.14. The van der Waals surface area contributed by atoms with Gasteiger partial charge >= 0.3 is 11.9 Å². The van der Waals surface area contributed by atoms with Gasteiger partial charge in [-0.2, -0.15) is 0 Å². The van der Waals surface area contributed by atoms with Crippen LogP contribution in [0.5, 0.6) is 0 Å². The third kappa shape index (κ3) is 41.7. The fourth-order valence-corrected chi connectivity index (χ4v) is 7.10. The van der Waals surface area contributed by atoms with Crippen LogP contribution in [-0.2, 0) is 23.8 Å². The van der Waals surface area contributed by atoms with Crippen molar-refractivity contribution in [1.29, 1.82) is 0 Å². The Morgan fingerprint density at radius 3 is 0.981 bits per heavy atom. The molecule has 0 saturated heterocycles. The summed E-state index contributed by atoms with van der Waals surface area (Å²) >= 11 is 0. The molecule has 0 rings (SSSR count). The van der Waals surface area contributed by atoms with Gasteiger partial charge in [0.2, 0.25) is 0 Å². The molecule has 0 aliphatic rings. The average molecular weight is 737 g/mol. The van der Waals surface area contributed by atoms with Crippen LogP contribution >= 0.6 is 0 Å². The number of esters is 2. The largest absolute Gasteiger partial charge is 0.462 e. The summed E-state index contributed by atoms with van der Waals surface area (Å²) in [5, 5.41) is 0. The molecule has 0 aromatic rings. The van der Waals surface area contributed by atoms with Gasteiger partial charge in [-0.3, -0.25) is 9.59 Å². The van der Waals surface area contributed by atoms with Crippen LogP contribution < -0.4 is 0 Å². The van der Waals surface area contributed by atoms with Crippen molar-refractivity contribution in [2.45, 2.75) is 271 Å². The number of carbonyl (C=O) groups excluding carboxylic acids is 2. The lowest BCUT2D eigenvalue weighted by atomic mass is 10.0. The highest BCUT2D eigenvalue weighted by molar-refractivity contribution is 5.70. The standard InChI is InChI=1S/C47H92O5/c1-4-7-10-13-16-19-21-22-23-24-25-26-28-29-31-34-37-40-46(48)51-44-45(43-50-42-39-36-33-18-15-12-9-6-3)52-47(49)41-38-35-32-30-27-20-17-14-11-8-5-2/h45H,4-44H2,1-3H3. The molecule has 5 heteroatoms. The molecule has 0 aliphatic carbocycles. The third-order valence-electron chi connectivity index (χ3n) is 10.6. The molecule has 0 N–H and O–H groups in total. The maximum Gasteiger partial charge on any atom is 0.306 e. The maximum absolute atomic E-state index is 12.7. The van der Waals surface area contributed by atoms with E-state index in [9.17, 15) is 9.59 Å². The highest BCUT2D eigenvalue weighted by atomic mass is 16.6. The summed E-state index contributed by atoms with van der Waals surface area (Å²) in [5.41, 5.74) is 0. The minimum Gasteiger partial charge on any atom is -0.462 e. The quantitative estimate of drug-likeness (QED) is 0.0460. The molecule has 0 bridgehead atoms. The topological polar surface area (TPSA) is 61.8 Å². The predicted molar refractivity (Wildman–Crippen MR) is 224 cm³/mol. The van der Waals surface area contributed by atoms with E-state index >= 15 is 0 Å². The molecule has 0 amide bonds. The Kier molecular flexibility index (Phi) is 43.4. The van der Waals surface area contributed by atoms with Crippen LogP contribution in [0.3, 0.4) is 0 Å². The summed E-state index contributed by atoms with van der Waals surface area (Å²) in [4.78, 5) is 25.2. The fourth-order valence-electron chi connectivity index (χ4n) is 7.10. The van der Waals surface area contributed by atoms with Gasteiger partial charge in [-0.05, 0) is 19.3 Å². The van der Waals surface area contributed by atoms with E-state index in [-0.39, 0.29) is 18.5 Å². The number of rotatable bonds is 44. The van der Waals surface area contributed by atoms with E-state index in [2.05, 4.69) is 20.8 Å². The Morgan fingerprint density at radius 1 is 0.346 bits per heavy atom. The molecular formula is C47H92O5. The van der Waals surface area contributed by atoms with Gasteiger partial charge in [-0.15, -0.1) is 0 Å². The maximum atomic E-state index is 12.7. The van der Waals surface area contributed by atoms with Crippen LogP contribution in [0.4, 0.5) is 0 Å². The smallest absolute Gasteiger partial charge is 0.306 e. The number of carbonyl (C=O) groups is 2. The first kappa shape index (κ1) is 50.9. The summed E-state index contributed by atoms with van der Waals surface area (Å²) in [5.74, 6) is -0.378. The van der Waals surface area contributed by atoms with Crippen LogP contribution in [0, 0.1) is 0 Å². The van der Waals surface area contributed by atoms with Crippen LogP contribution in [-0.4, -0.2) is 37.9 Å². The Morgan fingerprint density at radius 2 is 0.635 bits per heavy atom. The molecule has 0 saturated carbocycles. The number of hydrogen-bond donors (Lipinski definition) is 0. The molecule has 310 valence electrons. The first-order valence-corrected chi connectivity index (χ1v) is 23.6. The molecule has 0 radical (unpaired) electrons. The molecule has 1 atom stereocenters. The summed E-state index contributed by atoms with van der Waals surface area (Å²) in [6.45, 7) is 7.86. The second kappa shape index (κ2) is 44.3. The van der Waals surface area contributed by atoms with Gasteiger partial charge in [-0.1, -0.05) is 233 Å². The first-order chi connectivity index (χ1) is 25.6. The van der Waals surface area contributed by atoms with E-state index in [1.807, 2.05) is 0 Å². The molecule has 0 spiro atoms. The first-order valence-electron chi connectivity index (χ1n) is 23.6. The Bertz CT molecular complexity index is 710. The monoisotopic (exact) mass is 737 g/mol. The predicted octanol–water partition coefficient (Wildman–Crippen LogP) is 15.3. The van der Waals surface area contributed by atoms with E-state index in [0.717, 1.165) is 32.1 Å². The molecule has 0 fully saturated rings. The minimum atomic E-state index is -0.520. The lowest BCUT2D eigenvalue weighted by molar-refractivity contribution is -0.163. The fraction of sp³-hybridized carbons (Fsp3) is 0.957. The number of unbranched alkanes of at least 4 members (excludes halogenated alkanes) is 33. The molecular weight excluding hydrogens is 645 g/mol. The van der Waals surface area contributed by atoms with Crippen molar-refractivity contribution in [1.82, 2.24) is 0 Å². The van der Waals surface area contributed by atoms with Gasteiger partial charge < -0.3 is 14.2 Å². The summed E-state index contributed by atoms with van der Waals surface area (Å²) in [7, 11) is 0. The molecule has 0 aliphatic heterocycles. The van der Waals surface area contributed by atoms with Crippen molar-refractivity contribution < 1.29 is 23.8 Å². The molecule has 0 heterocycles. The van der Waals surface area contributed by atoms with Crippen LogP contribution in [0.1, 0.15) is 265 Å². The van der Waals surface area contributed by atoms with Gasteiger partial charge in [0.05, 0.1) is 6.61 Å². The van der Waals surface area contributed by atoms with E-state index in [4.69, 9.17) is 14.2 Å². The second-order valence-corrected chi connectivity index (χ2v) is 16.0. The zero-order valence-electron chi connectivity index (χ0n) is 35.6. The summed E-state index contributed by atoms with van der Waals surface area (Å²) in [6.07, 6.45) is 46.7. The van der Waals surface area contributed by atoms with E-state index in [1.165, 1.54) is 199 Å². The highest BCUT2D eigenvalue weighted by Gasteiger charge is 2.17. The van der Waals surface area contributed by atoms with Gasteiger partial charge in [-0.25, -0.2) is 0 Å². The molecule has 1 unspecified atom stereocenters. The highest BCUT2D eigenvalue weighted by Crippen LogP contribution is 2.16. The second-order valence-electron chi connectivity index (χ2n) is 16.0. The summed E-state index contributed by atoms with van der Waals surface area (Å²) in [6, 6.07) is 0. The normalized spacial score (nSPS) is 12.0.